The number of nitrogens with zero attached hydrogens (tertiary/aromatic N) is 2. The van der Waals surface area contributed by atoms with Crippen LogP contribution in [0.25, 0.3) is 0 Å². The summed E-state index contributed by atoms with van der Waals surface area (Å²) in [5.41, 5.74) is 0.175. The molecule has 1 aromatic heterocycles. The summed E-state index contributed by atoms with van der Waals surface area (Å²) in [5, 5.41) is 11.6. The number of aromatic nitrogens is 2. The van der Waals surface area contributed by atoms with Crippen LogP contribution in [0.5, 0.6) is 0 Å². The molecule has 0 amide bonds. The summed E-state index contributed by atoms with van der Waals surface area (Å²) in [5.74, 6) is -1.77. The fourth-order valence-corrected chi connectivity index (χ4v) is 1.41. The van der Waals surface area contributed by atoms with Crippen molar-refractivity contribution in [2.24, 2.45) is 0 Å². The molecule has 0 aliphatic heterocycles. The van der Waals surface area contributed by atoms with E-state index in [4.69, 9.17) is 9.84 Å². The van der Waals surface area contributed by atoms with E-state index in [1.54, 1.807) is 0 Å². The number of halogens is 1. The highest BCUT2D eigenvalue weighted by molar-refractivity contribution is 5.76. The van der Waals surface area contributed by atoms with Gasteiger partial charge in [0.2, 0.25) is 0 Å². The summed E-state index contributed by atoms with van der Waals surface area (Å²) in [4.78, 5) is 18.4. The van der Waals surface area contributed by atoms with E-state index in [1.165, 1.54) is 20.4 Å². The van der Waals surface area contributed by atoms with Gasteiger partial charge in [0.05, 0.1) is 5.69 Å². The predicted octanol–water partition coefficient (Wildman–Crippen LogP) is 1.22. The van der Waals surface area contributed by atoms with Gasteiger partial charge >= 0.3 is 5.97 Å². The fourth-order valence-electron chi connectivity index (χ4n) is 1.41. The van der Waals surface area contributed by atoms with Crippen LogP contribution in [-0.2, 0) is 9.53 Å². The topological polar surface area (TPSA) is 84.3 Å². The Morgan fingerprint density at radius 3 is 2.94 bits per heavy atom. The van der Waals surface area contributed by atoms with E-state index in [2.05, 4.69) is 15.3 Å². The third-order valence-corrected chi connectivity index (χ3v) is 2.41. The molecular weight excluding hydrogens is 241 g/mol. The fraction of sp³-hybridized carbons (Fsp3) is 0.545. The van der Waals surface area contributed by atoms with Crippen LogP contribution < -0.4 is 5.32 Å². The molecule has 2 N–H and O–H groups in total. The lowest BCUT2D eigenvalue weighted by molar-refractivity contribution is -0.138. The smallest absolute Gasteiger partial charge is 0.326 e. The number of rotatable bonds is 7. The van der Waals surface area contributed by atoms with Crippen molar-refractivity contribution in [2.75, 3.05) is 19.0 Å². The Labute approximate surface area is 104 Å². The van der Waals surface area contributed by atoms with Crippen molar-refractivity contribution in [2.45, 2.75) is 25.8 Å². The molecule has 18 heavy (non-hydrogen) atoms. The number of carboxylic acid groups (broad SMARTS) is 1. The molecule has 7 heteroatoms. The van der Waals surface area contributed by atoms with E-state index in [0.29, 0.717) is 19.4 Å². The molecule has 0 spiro atoms. The minimum absolute atomic E-state index is 0.0904. The van der Waals surface area contributed by atoms with Crippen LogP contribution in [0.2, 0.25) is 0 Å². The van der Waals surface area contributed by atoms with Gasteiger partial charge in [-0.2, -0.15) is 0 Å². The molecule has 1 heterocycles. The number of aliphatic carboxylic acids is 1. The predicted molar refractivity (Wildman–Crippen MR) is 62.9 cm³/mol. The zero-order valence-corrected chi connectivity index (χ0v) is 10.3. The lowest BCUT2D eigenvalue weighted by atomic mass is 10.1. The summed E-state index contributed by atoms with van der Waals surface area (Å²) in [6.45, 7) is 1.94. The monoisotopic (exact) mass is 257 g/mol. The van der Waals surface area contributed by atoms with Crippen LogP contribution >= 0.6 is 0 Å². The summed E-state index contributed by atoms with van der Waals surface area (Å²) >= 11 is 0. The van der Waals surface area contributed by atoms with Crippen molar-refractivity contribution in [3.63, 3.8) is 0 Å². The van der Waals surface area contributed by atoms with Gasteiger partial charge in [-0.3, -0.25) is 0 Å². The van der Waals surface area contributed by atoms with Gasteiger partial charge in [-0.1, -0.05) is 0 Å². The maximum Gasteiger partial charge on any atom is 0.326 e. The maximum atomic E-state index is 13.6. The van der Waals surface area contributed by atoms with Crippen molar-refractivity contribution in [1.29, 1.82) is 0 Å². The Morgan fingerprint density at radius 2 is 2.33 bits per heavy atom. The zero-order chi connectivity index (χ0) is 13.5. The average molecular weight is 257 g/mol. The number of hydrogen-bond donors (Lipinski definition) is 2. The highest BCUT2D eigenvalue weighted by atomic mass is 19.1. The molecule has 0 aliphatic rings. The molecule has 1 unspecified atom stereocenters. The highest BCUT2D eigenvalue weighted by Gasteiger charge is 2.19. The van der Waals surface area contributed by atoms with E-state index in [9.17, 15) is 9.18 Å². The number of nitrogens with one attached hydrogen (secondary N) is 1. The lowest BCUT2D eigenvalue weighted by Crippen LogP contribution is -2.30. The van der Waals surface area contributed by atoms with Crippen molar-refractivity contribution in [1.82, 2.24) is 9.97 Å². The van der Waals surface area contributed by atoms with Gasteiger partial charge in [0.1, 0.15) is 12.4 Å². The van der Waals surface area contributed by atoms with Crippen molar-refractivity contribution >= 4 is 11.8 Å². The largest absolute Gasteiger partial charge is 0.480 e. The Balaban J connectivity index is 2.71. The van der Waals surface area contributed by atoms with E-state index < -0.39 is 17.8 Å². The first-order valence-electron chi connectivity index (χ1n) is 5.51. The summed E-state index contributed by atoms with van der Waals surface area (Å²) in [6, 6.07) is -0.899. The van der Waals surface area contributed by atoms with E-state index in [1.807, 2.05) is 0 Å². The van der Waals surface area contributed by atoms with Gasteiger partial charge in [0.25, 0.3) is 0 Å². The van der Waals surface area contributed by atoms with Crippen LogP contribution in [-0.4, -0.2) is 40.8 Å². The number of anilines is 1. The molecule has 1 atom stereocenters. The van der Waals surface area contributed by atoms with Crippen LogP contribution in [0.15, 0.2) is 6.33 Å². The number of aryl methyl sites for hydroxylation is 1. The second kappa shape index (κ2) is 6.85. The standard InChI is InChI=1S/C11H16FN3O3/c1-7-9(12)10(14-6-13-7)15-8(11(16)17)4-3-5-18-2/h6,8H,3-5H2,1-2H3,(H,16,17)(H,13,14,15). The molecule has 0 saturated heterocycles. The quantitative estimate of drug-likeness (QED) is 0.714. The molecule has 0 bridgehead atoms. The van der Waals surface area contributed by atoms with Crippen LogP contribution in [0.4, 0.5) is 10.2 Å². The van der Waals surface area contributed by atoms with Crippen molar-refractivity contribution in [3.8, 4) is 0 Å². The number of carboxylic acids is 1. The Hall–Kier alpha value is -1.76. The maximum absolute atomic E-state index is 13.6. The number of hydrogen-bond acceptors (Lipinski definition) is 5. The molecule has 1 aromatic rings. The number of ether oxygens (including phenoxy) is 1. The van der Waals surface area contributed by atoms with Gasteiger partial charge in [0, 0.05) is 13.7 Å². The average Bonchev–Trinajstić information content (AvgIpc) is 2.33. The molecule has 1 rings (SSSR count). The number of methoxy groups -OCH3 is 1. The molecule has 0 aromatic carbocycles. The first-order chi connectivity index (χ1) is 8.56. The van der Waals surface area contributed by atoms with Gasteiger partial charge in [-0.15, -0.1) is 0 Å². The first kappa shape index (κ1) is 14.3. The third-order valence-electron chi connectivity index (χ3n) is 2.41. The highest BCUT2D eigenvalue weighted by Crippen LogP contribution is 2.14. The van der Waals surface area contributed by atoms with Crippen LogP contribution in [0, 0.1) is 12.7 Å². The SMILES string of the molecule is COCCCC(Nc1ncnc(C)c1F)C(=O)O. The second-order valence-electron chi connectivity index (χ2n) is 3.79. The van der Waals surface area contributed by atoms with Crippen LogP contribution in [0.1, 0.15) is 18.5 Å². The molecule has 0 aliphatic carbocycles. The minimum atomic E-state index is -1.05. The third kappa shape index (κ3) is 3.92. The summed E-state index contributed by atoms with van der Waals surface area (Å²) in [7, 11) is 1.54. The second-order valence-corrected chi connectivity index (χ2v) is 3.79. The number of carbonyl (C=O) groups is 1. The van der Waals surface area contributed by atoms with E-state index in [0.717, 1.165) is 0 Å². The van der Waals surface area contributed by atoms with Crippen molar-refractivity contribution in [3.05, 3.63) is 17.8 Å². The van der Waals surface area contributed by atoms with E-state index in [-0.39, 0.29) is 11.5 Å². The first-order valence-corrected chi connectivity index (χ1v) is 5.51. The van der Waals surface area contributed by atoms with Crippen LogP contribution in [0.3, 0.4) is 0 Å². The van der Waals surface area contributed by atoms with Gasteiger partial charge in [-0.25, -0.2) is 19.2 Å². The molecule has 100 valence electrons. The Bertz CT molecular complexity index is 415. The molecule has 0 radical (unpaired) electrons. The molecular formula is C11H16FN3O3. The molecule has 6 nitrogen and oxygen atoms in total. The van der Waals surface area contributed by atoms with Gasteiger partial charge < -0.3 is 15.2 Å². The van der Waals surface area contributed by atoms with Gasteiger partial charge in [0.15, 0.2) is 11.6 Å². The summed E-state index contributed by atoms with van der Waals surface area (Å²) in [6.07, 6.45) is 2.08. The van der Waals surface area contributed by atoms with Gasteiger partial charge in [-0.05, 0) is 19.8 Å². The lowest BCUT2D eigenvalue weighted by Gasteiger charge is -2.15. The Kier molecular flexibility index (Phi) is 5.44. The molecule has 0 saturated carbocycles. The summed E-state index contributed by atoms with van der Waals surface area (Å²) < 4.78 is 18.5. The minimum Gasteiger partial charge on any atom is -0.480 e. The van der Waals surface area contributed by atoms with E-state index >= 15 is 0 Å². The normalized spacial score (nSPS) is 12.2. The Morgan fingerprint density at radius 1 is 1.61 bits per heavy atom. The van der Waals surface area contributed by atoms with Crippen molar-refractivity contribution < 1.29 is 19.0 Å². The zero-order valence-electron chi connectivity index (χ0n) is 10.3. The molecule has 0 fully saturated rings.